The first-order chi connectivity index (χ1) is 16.3. The molecule has 4 aromatic rings. The van der Waals surface area contributed by atoms with Crippen LogP contribution in [-0.2, 0) is 13.6 Å². The van der Waals surface area contributed by atoms with Gasteiger partial charge in [0.05, 0.1) is 18.4 Å². The monoisotopic (exact) mass is 458 g/mol. The van der Waals surface area contributed by atoms with Crippen molar-refractivity contribution in [3.8, 4) is 11.4 Å². The molecule has 0 N–H and O–H groups in total. The molecule has 2 heterocycles. The first-order valence-corrected chi connectivity index (χ1v) is 11.0. The number of imidazole rings is 1. The van der Waals surface area contributed by atoms with Crippen molar-refractivity contribution in [1.29, 1.82) is 0 Å². The van der Waals surface area contributed by atoms with Gasteiger partial charge in [0.2, 0.25) is 0 Å². The molecule has 174 valence electrons. The maximum Gasteiger partial charge on any atom is 0.330 e. The van der Waals surface area contributed by atoms with Gasteiger partial charge in [-0.3, -0.25) is 9.13 Å². The Labute approximate surface area is 197 Å². The first-order valence-electron chi connectivity index (χ1n) is 11.0. The number of aryl methyl sites for hydroxylation is 1. The van der Waals surface area contributed by atoms with Gasteiger partial charge in [-0.05, 0) is 54.3 Å². The van der Waals surface area contributed by atoms with Crippen LogP contribution in [0.25, 0.3) is 22.6 Å². The van der Waals surface area contributed by atoms with Crippen LogP contribution in [0.2, 0.25) is 0 Å². The molecule has 0 saturated carbocycles. The molecule has 0 aliphatic rings. The highest BCUT2D eigenvalue weighted by molar-refractivity contribution is 5.74. The van der Waals surface area contributed by atoms with Crippen molar-refractivity contribution in [2.45, 2.75) is 33.2 Å². The number of fused-ring (bicyclic) bond motifs is 1. The normalized spacial score (nSPS) is 11.6. The molecule has 0 saturated heterocycles. The minimum Gasteiger partial charge on any atom is -0.292 e. The van der Waals surface area contributed by atoms with Crippen molar-refractivity contribution >= 4 is 23.6 Å². The van der Waals surface area contributed by atoms with Crippen LogP contribution < -0.4 is 10.7 Å². The van der Waals surface area contributed by atoms with E-state index in [1.807, 2.05) is 57.3 Å². The number of allylic oxidation sites excluding steroid dienone is 1. The second-order valence-corrected chi connectivity index (χ2v) is 8.35. The van der Waals surface area contributed by atoms with Crippen molar-refractivity contribution in [1.82, 2.24) is 19.1 Å². The molecule has 8 heteroatoms. The fourth-order valence-electron chi connectivity index (χ4n) is 3.96. The van der Waals surface area contributed by atoms with E-state index in [1.165, 1.54) is 16.7 Å². The summed E-state index contributed by atoms with van der Waals surface area (Å²) in [6, 6.07) is 12.4. The quantitative estimate of drug-likeness (QED) is 0.287. The minimum atomic E-state index is -0.298. The number of nitrogens with zero attached hydrogens (tertiary/aromatic N) is 6. The van der Waals surface area contributed by atoms with Gasteiger partial charge in [-0.1, -0.05) is 32.1 Å². The summed E-state index contributed by atoms with van der Waals surface area (Å²) in [6.45, 7) is 9.84. The van der Waals surface area contributed by atoms with Crippen molar-refractivity contribution in [3.05, 3.63) is 88.4 Å². The predicted octanol–water partition coefficient (Wildman–Crippen LogP) is 5.06. The van der Waals surface area contributed by atoms with Crippen LogP contribution in [0.5, 0.6) is 0 Å². The predicted molar refractivity (Wildman–Crippen MR) is 135 cm³/mol. The standard InChI is InChI=1S/C26H27FN6O/c1-6-13-33(28-4)20-10-7-18(8-11-20)16-32-25-23(31(5)26(32)34)15-29-24(30-25)21-12-9-19(27)14-22(21)17(2)3/h6-15,17H,4,16H2,1-3,5H3/b13-6-. The fourth-order valence-corrected chi connectivity index (χ4v) is 3.96. The maximum atomic E-state index is 13.9. The summed E-state index contributed by atoms with van der Waals surface area (Å²) in [6.07, 6.45) is 5.34. The lowest BCUT2D eigenvalue weighted by Gasteiger charge is -2.14. The van der Waals surface area contributed by atoms with Gasteiger partial charge >= 0.3 is 5.69 Å². The van der Waals surface area contributed by atoms with Crippen LogP contribution in [0.4, 0.5) is 10.1 Å². The van der Waals surface area contributed by atoms with Crippen molar-refractivity contribution in [3.63, 3.8) is 0 Å². The van der Waals surface area contributed by atoms with Crippen LogP contribution in [-0.4, -0.2) is 25.8 Å². The van der Waals surface area contributed by atoms with Gasteiger partial charge in [-0.25, -0.2) is 24.2 Å². The smallest absolute Gasteiger partial charge is 0.292 e. The molecule has 0 aliphatic carbocycles. The van der Waals surface area contributed by atoms with Crippen LogP contribution in [0.3, 0.4) is 0 Å². The summed E-state index contributed by atoms with van der Waals surface area (Å²) < 4.78 is 17.0. The SMILES string of the molecule is C=NN(/C=C\C)c1ccc(Cn2c(=O)n(C)c3cnc(-c4ccc(F)cc4C(C)C)nc32)cc1. The summed E-state index contributed by atoms with van der Waals surface area (Å²) in [7, 11) is 1.70. The van der Waals surface area contributed by atoms with E-state index in [4.69, 9.17) is 4.98 Å². The zero-order valence-electron chi connectivity index (χ0n) is 19.7. The molecule has 4 rings (SSSR count). The van der Waals surface area contributed by atoms with Gasteiger partial charge in [0.1, 0.15) is 11.3 Å². The Bertz CT molecular complexity index is 1430. The van der Waals surface area contributed by atoms with Gasteiger partial charge in [-0.2, -0.15) is 5.10 Å². The Balaban J connectivity index is 1.77. The molecule has 0 aliphatic heterocycles. The Morgan fingerprint density at radius 1 is 1.21 bits per heavy atom. The van der Waals surface area contributed by atoms with E-state index in [-0.39, 0.29) is 17.4 Å². The number of hydrogen-bond acceptors (Lipinski definition) is 5. The Kier molecular flexibility index (Phi) is 6.40. The number of halogens is 1. The topological polar surface area (TPSA) is 68.3 Å². The largest absolute Gasteiger partial charge is 0.330 e. The second-order valence-electron chi connectivity index (χ2n) is 8.35. The number of aromatic nitrogens is 4. The van der Waals surface area contributed by atoms with Crippen molar-refractivity contribution < 1.29 is 4.39 Å². The Hall–Kier alpha value is -4.07. The summed E-state index contributed by atoms with van der Waals surface area (Å²) >= 11 is 0. The number of hydrazone groups is 1. The molecule has 0 amide bonds. The summed E-state index contributed by atoms with van der Waals surface area (Å²) in [5, 5.41) is 5.65. The van der Waals surface area contributed by atoms with E-state index in [0.29, 0.717) is 23.5 Å². The van der Waals surface area contributed by atoms with E-state index in [1.54, 1.807) is 28.9 Å². The Morgan fingerprint density at radius 2 is 1.94 bits per heavy atom. The van der Waals surface area contributed by atoms with Crippen molar-refractivity contribution in [2.24, 2.45) is 12.1 Å². The molecule has 0 fully saturated rings. The summed E-state index contributed by atoms with van der Waals surface area (Å²) in [5.74, 6) is 0.256. The zero-order valence-corrected chi connectivity index (χ0v) is 19.7. The highest BCUT2D eigenvalue weighted by Gasteiger charge is 2.17. The third-order valence-corrected chi connectivity index (χ3v) is 5.75. The van der Waals surface area contributed by atoms with E-state index in [0.717, 1.165) is 22.4 Å². The number of hydrogen-bond donors (Lipinski definition) is 0. The average Bonchev–Trinajstić information content (AvgIpc) is 3.07. The van der Waals surface area contributed by atoms with Gasteiger partial charge in [0, 0.05) is 25.5 Å². The summed E-state index contributed by atoms with van der Waals surface area (Å²) in [5.41, 5.74) is 4.36. The molecule has 2 aromatic heterocycles. The molecule has 2 aromatic carbocycles. The zero-order chi connectivity index (χ0) is 24.4. The third-order valence-electron chi connectivity index (χ3n) is 5.75. The lowest BCUT2D eigenvalue weighted by atomic mass is 9.96. The van der Waals surface area contributed by atoms with Crippen LogP contribution in [0.1, 0.15) is 37.8 Å². The highest BCUT2D eigenvalue weighted by Crippen LogP contribution is 2.28. The van der Waals surface area contributed by atoms with Gasteiger partial charge < -0.3 is 0 Å². The van der Waals surface area contributed by atoms with E-state index in [9.17, 15) is 9.18 Å². The second kappa shape index (κ2) is 9.43. The molecular weight excluding hydrogens is 431 g/mol. The number of benzene rings is 2. The molecule has 0 radical (unpaired) electrons. The minimum absolute atomic E-state index is 0.0913. The Morgan fingerprint density at radius 3 is 2.59 bits per heavy atom. The molecule has 34 heavy (non-hydrogen) atoms. The molecule has 0 bridgehead atoms. The molecule has 0 spiro atoms. The van der Waals surface area contributed by atoms with Gasteiger partial charge in [0.15, 0.2) is 11.5 Å². The molecule has 0 atom stereocenters. The lowest BCUT2D eigenvalue weighted by molar-refractivity contribution is 0.623. The van der Waals surface area contributed by atoms with Crippen LogP contribution in [0, 0.1) is 5.82 Å². The van der Waals surface area contributed by atoms with E-state index < -0.39 is 0 Å². The molecule has 7 nitrogen and oxygen atoms in total. The molecular formula is C26H27FN6O. The highest BCUT2D eigenvalue weighted by atomic mass is 19.1. The number of rotatable bonds is 7. The molecule has 0 unspecified atom stereocenters. The van der Waals surface area contributed by atoms with E-state index in [2.05, 4.69) is 16.8 Å². The van der Waals surface area contributed by atoms with Crippen LogP contribution >= 0.6 is 0 Å². The van der Waals surface area contributed by atoms with Crippen molar-refractivity contribution in [2.75, 3.05) is 5.01 Å². The summed E-state index contributed by atoms with van der Waals surface area (Å²) in [4.78, 5) is 22.3. The van der Waals surface area contributed by atoms with Gasteiger partial charge in [0.25, 0.3) is 0 Å². The number of anilines is 1. The average molecular weight is 459 g/mol. The van der Waals surface area contributed by atoms with Crippen LogP contribution in [0.15, 0.2) is 70.8 Å². The van der Waals surface area contributed by atoms with Gasteiger partial charge in [-0.15, -0.1) is 0 Å². The fraction of sp³-hybridized carbons (Fsp3) is 0.231. The maximum absolute atomic E-state index is 13.9. The van der Waals surface area contributed by atoms with E-state index >= 15 is 0 Å². The lowest BCUT2D eigenvalue weighted by Crippen LogP contribution is -2.22. The third kappa shape index (κ3) is 4.26. The first kappa shape index (κ1) is 23.1.